The Kier molecular flexibility index (Phi) is 6.28. The standard InChI is InChI=1S/C15H26N2OS/c1-3-4-5-7-13(16-10-11-18-2)15-17-12-8-6-9-14(12)19-15/h13,16H,3-11H2,1-2H3. The highest BCUT2D eigenvalue weighted by molar-refractivity contribution is 7.11. The van der Waals surface area contributed by atoms with Crippen LogP contribution in [0.25, 0.3) is 0 Å². The third kappa shape index (κ3) is 4.26. The quantitative estimate of drug-likeness (QED) is 0.704. The molecule has 19 heavy (non-hydrogen) atoms. The van der Waals surface area contributed by atoms with E-state index in [1.165, 1.54) is 60.5 Å². The molecule has 1 aliphatic carbocycles. The lowest BCUT2D eigenvalue weighted by molar-refractivity contribution is 0.195. The van der Waals surface area contributed by atoms with Crippen molar-refractivity contribution in [1.29, 1.82) is 0 Å². The molecule has 1 aromatic rings. The maximum Gasteiger partial charge on any atom is 0.110 e. The van der Waals surface area contributed by atoms with Crippen molar-refractivity contribution in [2.75, 3.05) is 20.3 Å². The Morgan fingerprint density at radius 2 is 2.26 bits per heavy atom. The number of rotatable bonds is 9. The fourth-order valence-electron chi connectivity index (χ4n) is 2.61. The molecule has 108 valence electrons. The molecule has 3 nitrogen and oxygen atoms in total. The molecule has 0 bridgehead atoms. The monoisotopic (exact) mass is 282 g/mol. The molecule has 1 N–H and O–H groups in total. The van der Waals surface area contributed by atoms with Gasteiger partial charge in [0.05, 0.1) is 18.3 Å². The normalized spacial score (nSPS) is 15.7. The number of unbranched alkanes of at least 4 members (excludes halogenated alkanes) is 2. The second kappa shape index (κ2) is 7.98. The zero-order valence-electron chi connectivity index (χ0n) is 12.2. The Morgan fingerprint density at radius 3 is 3.00 bits per heavy atom. The molecule has 0 amide bonds. The highest BCUT2D eigenvalue weighted by Gasteiger charge is 2.21. The van der Waals surface area contributed by atoms with E-state index in [0.29, 0.717) is 6.04 Å². The van der Waals surface area contributed by atoms with Crippen molar-refractivity contribution < 1.29 is 4.74 Å². The van der Waals surface area contributed by atoms with Crippen molar-refractivity contribution >= 4 is 11.3 Å². The highest BCUT2D eigenvalue weighted by Crippen LogP contribution is 2.32. The number of methoxy groups -OCH3 is 1. The summed E-state index contributed by atoms with van der Waals surface area (Å²) >= 11 is 1.93. The minimum atomic E-state index is 0.428. The van der Waals surface area contributed by atoms with Gasteiger partial charge in [-0.25, -0.2) is 4.98 Å². The van der Waals surface area contributed by atoms with Gasteiger partial charge in [0, 0.05) is 18.5 Å². The van der Waals surface area contributed by atoms with Crippen molar-refractivity contribution in [2.24, 2.45) is 0 Å². The van der Waals surface area contributed by atoms with E-state index in [9.17, 15) is 0 Å². The van der Waals surface area contributed by atoms with Crippen LogP contribution in [0.2, 0.25) is 0 Å². The minimum Gasteiger partial charge on any atom is -0.383 e. The third-order valence-electron chi connectivity index (χ3n) is 3.70. The van der Waals surface area contributed by atoms with Crippen molar-refractivity contribution in [3.63, 3.8) is 0 Å². The maximum atomic E-state index is 5.14. The van der Waals surface area contributed by atoms with Gasteiger partial charge in [-0.15, -0.1) is 11.3 Å². The first-order valence-electron chi connectivity index (χ1n) is 7.56. The average molecular weight is 282 g/mol. The van der Waals surface area contributed by atoms with Gasteiger partial charge in [-0.05, 0) is 25.7 Å². The summed E-state index contributed by atoms with van der Waals surface area (Å²) in [5.41, 5.74) is 1.37. The molecule has 1 aromatic heterocycles. The molecule has 1 unspecified atom stereocenters. The molecule has 0 radical (unpaired) electrons. The fourth-order valence-corrected chi connectivity index (χ4v) is 3.87. The first kappa shape index (κ1) is 14.9. The van der Waals surface area contributed by atoms with E-state index in [2.05, 4.69) is 12.2 Å². The molecular formula is C15H26N2OS. The molecule has 0 aliphatic heterocycles. The van der Waals surface area contributed by atoms with Crippen LogP contribution in [-0.4, -0.2) is 25.2 Å². The summed E-state index contributed by atoms with van der Waals surface area (Å²) in [4.78, 5) is 6.40. The number of hydrogen-bond acceptors (Lipinski definition) is 4. The molecule has 0 saturated carbocycles. The zero-order valence-corrected chi connectivity index (χ0v) is 13.0. The second-order valence-electron chi connectivity index (χ2n) is 5.27. The van der Waals surface area contributed by atoms with E-state index in [4.69, 9.17) is 9.72 Å². The van der Waals surface area contributed by atoms with Crippen LogP contribution < -0.4 is 5.32 Å². The highest BCUT2D eigenvalue weighted by atomic mass is 32.1. The third-order valence-corrected chi connectivity index (χ3v) is 4.97. The maximum absolute atomic E-state index is 5.14. The van der Waals surface area contributed by atoms with Crippen LogP contribution in [0.1, 0.15) is 60.6 Å². The van der Waals surface area contributed by atoms with Crippen LogP contribution in [0.3, 0.4) is 0 Å². The number of nitrogens with one attached hydrogen (secondary N) is 1. The average Bonchev–Trinajstić information content (AvgIpc) is 2.98. The summed E-state index contributed by atoms with van der Waals surface area (Å²) in [6, 6.07) is 0.428. The van der Waals surface area contributed by atoms with Gasteiger partial charge in [0.15, 0.2) is 0 Å². The number of aryl methyl sites for hydroxylation is 2. The van der Waals surface area contributed by atoms with Crippen LogP contribution in [0.5, 0.6) is 0 Å². The van der Waals surface area contributed by atoms with E-state index >= 15 is 0 Å². The number of aromatic nitrogens is 1. The minimum absolute atomic E-state index is 0.428. The van der Waals surface area contributed by atoms with Crippen molar-refractivity contribution in [2.45, 2.75) is 57.9 Å². The van der Waals surface area contributed by atoms with Crippen LogP contribution in [0, 0.1) is 0 Å². The van der Waals surface area contributed by atoms with Gasteiger partial charge >= 0.3 is 0 Å². The van der Waals surface area contributed by atoms with Gasteiger partial charge in [0.1, 0.15) is 5.01 Å². The Labute approximate surface area is 120 Å². The topological polar surface area (TPSA) is 34.1 Å². The van der Waals surface area contributed by atoms with Crippen LogP contribution in [-0.2, 0) is 17.6 Å². The lowest BCUT2D eigenvalue weighted by Crippen LogP contribution is -2.25. The molecular weight excluding hydrogens is 256 g/mol. The second-order valence-corrected chi connectivity index (χ2v) is 6.39. The SMILES string of the molecule is CCCCCC(NCCOC)c1nc2c(s1)CCC2. The predicted molar refractivity (Wildman–Crippen MR) is 80.9 cm³/mol. The van der Waals surface area contributed by atoms with Crippen molar-refractivity contribution in [3.05, 3.63) is 15.6 Å². The Morgan fingerprint density at radius 1 is 1.37 bits per heavy atom. The van der Waals surface area contributed by atoms with E-state index in [1.54, 1.807) is 7.11 Å². The largest absolute Gasteiger partial charge is 0.383 e. The lowest BCUT2D eigenvalue weighted by Gasteiger charge is -2.16. The molecule has 0 aromatic carbocycles. The van der Waals surface area contributed by atoms with E-state index in [0.717, 1.165) is 13.2 Å². The van der Waals surface area contributed by atoms with Crippen LogP contribution in [0.4, 0.5) is 0 Å². The van der Waals surface area contributed by atoms with Gasteiger partial charge in [-0.3, -0.25) is 0 Å². The smallest absolute Gasteiger partial charge is 0.110 e. The first-order chi connectivity index (χ1) is 9.35. The molecule has 0 saturated heterocycles. The Balaban J connectivity index is 1.93. The molecule has 4 heteroatoms. The molecule has 2 rings (SSSR count). The van der Waals surface area contributed by atoms with E-state index < -0.39 is 0 Å². The summed E-state index contributed by atoms with van der Waals surface area (Å²) in [6.45, 7) is 3.94. The number of fused-ring (bicyclic) bond motifs is 1. The van der Waals surface area contributed by atoms with E-state index in [1.807, 2.05) is 11.3 Å². The predicted octanol–water partition coefficient (Wildman–Crippen LogP) is 3.49. The number of thiazole rings is 1. The van der Waals surface area contributed by atoms with Gasteiger partial charge < -0.3 is 10.1 Å². The number of ether oxygens (including phenoxy) is 1. The van der Waals surface area contributed by atoms with Crippen molar-refractivity contribution in [3.8, 4) is 0 Å². The molecule has 1 aliphatic rings. The van der Waals surface area contributed by atoms with Gasteiger partial charge in [0.2, 0.25) is 0 Å². The van der Waals surface area contributed by atoms with E-state index in [-0.39, 0.29) is 0 Å². The number of nitrogens with zero attached hydrogens (tertiary/aromatic N) is 1. The lowest BCUT2D eigenvalue weighted by atomic mass is 10.1. The molecule has 0 spiro atoms. The van der Waals surface area contributed by atoms with Crippen LogP contribution >= 0.6 is 11.3 Å². The van der Waals surface area contributed by atoms with Crippen molar-refractivity contribution in [1.82, 2.24) is 10.3 Å². The summed E-state index contributed by atoms with van der Waals surface area (Å²) < 4.78 is 5.14. The summed E-state index contributed by atoms with van der Waals surface area (Å²) in [7, 11) is 1.76. The molecule has 1 atom stereocenters. The fraction of sp³-hybridized carbons (Fsp3) is 0.800. The molecule has 1 heterocycles. The van der Waals surface area contributed by atoms with Gasteiger partial charge in [0.25, 0.3) is 0 Å². The van der Waals surface area contributed by atoms with Crippen LogP contribution in [0.15, 0.2) is 0 Å². The van der Waals surface area contributed by atoms with Gasteiger partial charge in [-0.2, -0.15) is 0 Å². The Bertz CT molecular complexity index is 347. The zero-order chi connectivity index (χ0) is 13.5. The summed E-state index contributed by atoms with van der Waals surface area (Å²) in [6.07, 6.45) is 8.80. The Hall–Kier alpha value is -0.450. The summed E-state index contributed by atoms with van der Waals surface area (Å²) in [5, 5.41) is 4.91. The first-order valence-corrected chi connectivity index (χ1v) is 8.37. The number of hydrogen-bond donors (Lipinski definition) is 1. The summed E-state index contributed by atoms with van der Waals surface area (Å²) in [5.74, 6) is 0. The molecule has 0 fully saturated rings. The van der Waals surface area contributed by atoms with Gasteiger partial charge in [-0.1, -0.05) is 26.2 Å².